The molecule has 4 nitrogen and oxygen atoms in total. The van der Waals surface area contributed by atoms with Gasteiger partial charge in [0.1, 0.15) is 6.10 Å². The Kier molecular flexibility index (Phi) is 15.8. The molecule has 1 aliphatic carbocycles. The first-order chi connectivity index (χ1) is 20.9. The molecular weight excluding hydrogens is 539 g/mol. The highest BCUT2D eigenvalue weighted by molar-refractivity contribution is 5.90. The summed E-state index contributed by atoms with van der Waals surface area (Å²) in [6.45, 7) is 6.32. The molecule has 3 rings (SSSR count). The molecule has 0 bridgehead atoms. The number of carbonyl (C=O) groups excluding carboxylic acids is 2. The predicted molar refractivity (Wildman–Crippen MR) is 174 cm³/mol. The average molecular weight is 595 g/mol. The average Bonchev–Trinajstić information content (AvgIpc) is 3.03. The van der Waals surface area contributed by atoms with Crippen LogP contribution in [0.25, 0.3) is 11.1 Å². The van der Waals surface area contributed by atoms with E-state index < -0.39 is 12.1 Å². The molecule has 0 spiro atoms. The van der Waals surface area contributed by atoms with Gasteiger partial charge in [-0.25, -0.2) is 14.0 Å². The molecule has 2 atom stereocenters. The number of halogens is 1. The van der Waals surface area contributed by atoms with Gasteiger partial charge in [0.2, 0.25) is 0 Å². The summed E-state index contributed by atoms with van der Waals surface area (Å²) in [6.07, 6.45) is 15.3. The lowest BCUT2D eigenvalue weighted by Crippen LogP contribution is -2.29. The van der Waals surface area contributed by atoms with Gasteiger partial charge in [-0.05, 0) is 106 Å². The van der Waals surface area contributed by atoms with Gasteiger partial charge >= 0.3 is 11.9 Å². The third-order valence-corrected chi connectivity index (χ3v) is 8.92. The molecule has 5 heteroatoms. The fourth-order valence-corrected chi connectivity index (χ4v) is 6.02. The highest BCUT2D eigenvalue weighted by Gasteiger charge is 2.27. The zero-order chi connectivity index (χ0) is 30.9. The smallest absolute Gasteiger partial charge is 0.340 e. The number of hydrogen-bond acceptors (Lipinski definition) is 4. The third kappa shape index (κ3) is 12.8. The first kappa shape index (κ1) is 34.8. The standard InChI is InChI=1S/C38H55FO4/c1-4-6-8-10-12-14-36(39)38(41)43-35-27-19-31(20-28-35)16-15-30-17-21-32(22-18-30)33-23-25-34(26-24-33)37(40)42-29(3)13-11-9-7-5-2/h17-18,21-26,29,31,35-36H,4-16,19-20,27-28H2,1-3H3/t29-,31-,35-,36+/m1/s1. The van der Waals surface area contributed by atoms with Crippen molar-refractivity contribution in [2.75, 3.05) is 0 Å². The topological polar surface area (TPSA) is 52.6 Å². The molecule has 43 heavy (non-hydrogen) atoms. The van der Waals surface area contributed by atoms with Crippen molar-refractivity contribution in [2.45, 2.75) is 148 Å². The number of aryl methyl sites for hydroxylation is 1. The van der Waals surface area contributed by atoms with E-state index in [-0.39, 0.29) is 24.6 Å². The molecule has 238 valence electrons. The number of rotatable bonds is 19. The number of ether oxygens (including phenoxy) is 2. The summed E-state index contributed by atoms with van der Waals surface area (Å²) in [5, 5.41) is 0. The van der Waals surface area contributed by atoms with Gasteiger partial charge in [0, 0.05) is 0 Å². The van der Waals surface area contributed by atoms with Gasteiger partial charge in [-0.3, -0.25) is 0 Å². The normalized spacial score (nSPS) is 18.1. The van der Waals surface area contributed by atoms with Crippen LogP contribution in [0.15, 0.2) is 48.5 Å². The van der Waals surface area contributed by atoms with Gasteiger partial charge in [-0.2, -0.15) is 0 Å². The molecule has 1 fully saturated rings. The van der Waals surface area contributed by atoms with Crippen molar-refractivity contribution < 1.29 is 23.5 Å². The van der Waals surface area contributed by atoms with Gasteiger partial charge in [0.25, 0.3) is 0 Å². The molecule has 0 saturated heterocycles. The molecule has 0 N–H and O–H groups in total. The number of hydrogen-bond donors (Lipinski definition) is 0. The largest absolute Gasteiger partial charge is 0.460 e. The summed E-state index contributed by atoms with van der Waals surface area (Å²) in [4.78, 5) is 24.7. The van der Waals surface area contributed by atoms with Crippen molar-refractivity contribution in [1.82, 2.24) is 0 Å². The van der Waals surface area contributed by atoms with Gasteiger partial charge in [-0.1, -0.05) is 95.2 Å². The molecule has 0 aliphatic heterocycles. The summed E-state index contributed by atoms with van der Waals surface area (Å²) >= 11 is 0. The minimum absolute atomic E-state index is 0.0620. The van der Waals surface area contributed by atoms with Crippen molar-refractivity contribution in [3.05, 3.63) is 59.7 Å². The molecular formula is C38H55FO4. The minimum atomic E-state index is -1.48. The summed E-state index contributed by atoms with van der Waals surface area (Å²) < 4.78 is 25.4. The molecule has 0 heterocycles. The first-order valence-corrected chi connectivity index (χ1v) is 17.1. The van der Waals surface area contributed by atoms with Crippen LogP contribution < -0.4 is 0 Å². The fourth-order valence-electron chi connectivity index (χ4n) is 6.02. The number of esters is 2. The SMILES string of the molecule is CCCCCCC[C@H](F)C(=O)O[C@H]1CC[C@H](CCc2ccc(-c3ccc(C(=O)O[C@H](C)CCCCCC)cc3)cc2)CC1. The quantitative estimate of drug-likeness (QED) is 0.120. The Balaban J connectivity index is 1.35. The number of alkyl halides is 1. The van der Waals surface area contributed by atoms with Crippen LogP contribution >= 0.6 is 0 Å². The van der Waals surface area contributed by atoms with Crippen LogP contribution in [-0.2, 0) is 20.7 Å². The van der Waals surface area contributed by atoms with Gasteiger partial charge < -0.3 is 9.47 Å². The van der Waals surface area contributed by atoms with E-state index in [0.717, 1.165) is 88.2 Å². The van der Waals surface area contributed by atoms with Crippen LogP contribution in [0.5, 0.6) is 0 Å². The van der Waals surface area contributed by atoms with E-state index in [9.17, 15) is 14.0 Å². The summed E-state index contributed by atoms with van der Waals surface area (Å²) in [5.41, 5.74) is 4.11. The van der Waals surface area contributed by atoms with Crippen LogP contribution in [-0.4, -0.2) is 30.3 Å². The van der Waals surface area contributed by atoms with Gasteiger partial charge in [-0.15, -0.1) is 0 Å². The van der Waals surface area contributed by atoms with E-state index in [1.807, 2.05) is 31.2 Å². The summed E-state index contributed by atoms with van der Waals surface area (Å²) in [7, 11) is 0. The van der Waals surface area contributed by atoms with Crippen molar-refractivity contribution in [3.63, 3.8) is 0 Å². The summed E-state index contributed by atoms with van der Waals surface area (Å²) in [6, 6.07) is 16.4. The highest BCUT2D eigenvalue weighted by Crippen LogP contribution is 2.31. The monoisotopic (exact) mass is 594 g/mol. The second-order valence-electron chi connectivity index (χ2n) is 12.6. The lowest BCUT2D eigenvalue weighted by molar-refractivity contribution is -0.157. The summed E-state index contributed by atoms with van der Waals surface area (Å²) in [5.74, 6) is -0.297. The lowest BCUT2D eigenvalue weighted by Gasteiger charge is -2.28. The Hall–Kier alpha value is -2.69. The van der Waals surface area contributed by atoms with Crippen molar-refractivity contribution in [3.8, 4) is 11.1 Å². The third-order valence-electron chi connectivity index (χ3n) is 8.92. The van der Waals surface area contributed by atoms with E-state index in [2.05, 4.69) is 38.1 Å². The zero-order valence-corrected chi connectivity index (χ0v) is 27.0. The van der Waals surface area contributed by atoms with Crippen LogP contribution in [0.4, 0.5) is 4.39 Å². The Morgan fingerprint density at radius 1 is 0.767 bits per heavy atom. The predicted octanol–water partition coefficient (Wildman–Crippen LogP) is 10.6. The van der Waals surface area contributed by atoms with E-state index in [4.69, 9.17) is 9.47 Å². The van der Waals surface area contributed by atoms with Crippen LogP contribution in [0.1, 0.15) is 139 Å². The fraction of sp³-hybridized carbons (Fsp3) is 0.632. The molecule has 0 amide bonds. The van der Waals surface area contributed by atoms with E-state index >= 15 is 0 Å². The molecule has 1 aliphatic rings. The molecule has 2 aromatic rings. The van der Waals surface area contributed by atoms with Gasteiger partial charge in [0.15, 0.2) is 6.17 Å². The molecule has 0 aromatic heterocycles. The maximum absolute atomic E-state index is 14.2. The number of unbranched alkanes of at least 4 members (excludes halogenated alkanes) is 7. The number of benzene rings is 2. The lowest BCUT2D eigenvalue weighted by atomic mass is 9.83. The van der Waals surface area contributed by atoms with Crippen molar-refractivity contribution in [2.24, 2.45) is 5.92 Å². The zero-order valence-electron chi connectivity index (χ0n) is 27.0. The first-order valence-electron chi connectivity index (χ1n) is 17.1. The van der Waals surface area contributed by atoms with Crippen LogP contribution in [0.3, 0.4) is 0 Å². The minimum Gasteiger partial charge on any atom is -0.460 e. The van der Waals surface area contributed by atoms with E-state index in [0.29, 0.717) is 11.5 Å². The van der Waals surface area contributed by atoms with Crippen LogP contribution in [0, 0.1) is 5.92 Å². The van der Waals surface area contributed by atoms with Crippen molar-refractivity contribution >= 4 is 11.9 Å². The van der Waals surface area contributed by atoms with Crippen molar-refractivity contribution in [1.29, 1.82) is 0 Å². The van der Waals surface area contributed by atoms with E-state index in [1.54, 1.807) is 0 Å². The Morgan fingerprint density at radius 3 is 1.95 bits per heavy atom. The second-order valence-corrected chi connectivity index (χ2v) is 12.6. The molecule has 0 radical (unpaired) electrons. The number of carbonyl (C=O) groups is 2. The van der Waals surface area contributed by atoms with Gasteiger partial charge in [0.05, 0.1) is 11.7 Å². The Labute approximate surface area is 260 Å². The maximum Gasteiger partial charge on any atom is 0.340 e. The second kappa shape index (κ2) is 19.6. The highest BCUT2D eigenvalue weighted by atomic mass is 19.1. The Bertz CT molecular complexity index is 1060. The molecule has 2 aromatic carbocycles. The maximum atomic E-state index is 14.2. The molecule has 1 saturated carbocycles. The van der Waals surface area contributed by atoms with E-state index in [1.165, 1.54) is 31.2 Å². The Morgan fingerprint density at radius 2 is 1.33 bits per heavy atom. The van der Waals surface area contributed by atoms with Crippen LogP contribution in [0.2, 0.25) is 0 Å². The molecule has 0 unspecified atom stereocenters.